The van der Waals surface area contributed by atoms with Gasteiger partial charge in [-0.15, -0.1) is 0 Å². The summed E-state index contributed by atoms with van der Waals surface area (Å²) in [6, 6.07) is 9.59. The van der Waals surface area contributed by atoms with E-state index in [1.807, 2.05) is 42.2 Å². The van der Waals surface area contributed by atoms with Gasteiger partial charge in [0.15, 0.2) is 0 Å². The molecule has 0 bridgehead atoms. The summed E-state index contributed by atoms with van der Waals surface area (Å²) in [5.74, 6) is -0.600. The van der Waals surface area contributed by atoms with E-state index in [-0.39, 0.29) is 18.4 Å². The molecule has 152 valence electrons. The van der Waals surface area contributed by atoms with Crippen molar-refractivity contribution in [3.05, 3.63) is 42.0 Å². The Morgan fingerprint density at radius 2 is 1.96 bits per heavy atom. The van der Waals surface area contributed by atoms with Gasteiger partial charge in [-0.25, -0.2) is 0 Å². The minimum atomic E-state index is -0.835. The van der Waals surface area contributed by atoms with Gasteiger partial charge in [0, 0.05) is 25.8 Å². The molecule has 2 amide bonds. The Hall–Kier alpha value is -2.22. The Morgan fingerprint density at radius 1 is 1.29 bits per heavy atom. The van der Waals surface area contributed by atoms with E-state index in [2.05, 4.69) is 5.32 Å². The van der Waals surface area contributed by atoms with Gasteiger partial charge in [-0.3, -0.25) is 14.5 Å². The molecule has 3 rings (SSSR count). The highest BCUT2D eigenvalue weighted by Gasteiger charge is 2.53. The van der Waals surface area contributed by atoms with E-state index in [1.165, 1.54) is 6.08 Å². The zero-order chi connectivity index (χ0) is 20.2. The van der Waals surface area contributed by atoms with E-state index in [9.17, 15) is 14.7 Å². The predicted molar refractivity (Wildman–Crippen MR) is 106 cm³/mol. The number of ether oxygens (including phenoxy) is 1. The summed E-state index contributed by atoms with van der Waals surface area (Å²) in [7, 11) is 0. The average Bonchev–Trinajstić information content (AvgIpc) is 2.67. The number of hydrogen-bond acceptors (Lipinski definition) is 5. The van der Waals surface area contributed by atoms with Crippen LogP contribution in [0.15, 0.2) is 36.4 Å². The van der Waals surface area contributed by atoms with E-state index in [4.69, 9.17) is 10.5 Å². The maximum Gasteiger partial charge on any atom is 0.244 e. The van der Waals surface area contributed by atoms with E-state index in [0.29, 0.717) is 39.0 Å². The van der Waals surface area contributed by atoms with Gasteiger partial charge < -0.3 is 20.9 Å². The molecule has 2 heterocycles. The third-order valence-corrected chi connectivity index (χ3v) is 5.83. The molecule has 2 aliphatic heterocycles. The first-order chi connectivity index (χ1) is 13.3. The van der Waals surface area contributed by atoms with Gasteiger partial charge >= 0.3 is 0 Å². The molecule has 28 heavy (non-hydrogen) atoms. The lowest BCUT2D eigenvalue weighted by Gasteiger charge is -2.53. The molecule has 7 nitrogen and oxygen atoms in total. The second-order valence-electron chi connectivity index (χ2n) is 7.96. The first-order valence-electron chi connectivity index (χ1n) is 9.71. The fourth-order valence-corrected chi connectivity index (χ4v) is 4.18. The van der Waals surface area contributed by atoms with Crippen LogP contribution >= 0.6 is 0 Å². The Labute approximate surface area is 165 Å². The van der Waals surface area contributed by atoms with Crippen molar-refractivity contribution in [2.24, 2.45) is 5.73 Å². The second-order valence-corrected chi connectivity index (χ2v) is 7.96. The van der Waals surface area contributed by atoms with Crippen LogP contribution in [0, 0.1) is 0 Å². The number of piperidine rings is 1. The van der Waals surface area contributed by atoms with Crippen LogP contribution in [0.5, 0.6) is 0 Å². The van der Waals surface area contributed by atoms with Crippen molar-refractivity contribution >= 4 is 17.9 Å². The number of rotatable bonds is 5. The number of benzene rings is 1. The van der Waals surface area contributed by atoms with Crippen LogP contribution in [0.4, 0.5) is 0 Å². The van der Waals surface area contributed by atoms with E-state index >= 15 is 0 Å². The van der Waals surface area contributed by atoms with Gasteiger partial charge in [0.25, 0.3) is 0 Å². The number of aliphatic hydroxyl groups is 1. The van der Waals surface area contributed by atoms with Crippen molar-refractivity contribution in [3.8, 4) is 0 Å². The second kappa shape index (κ2) is 8.43. The number of aliphatic hydroxyl groups excluding tert-OH is 1. The summed E-state index contributed by atoms with van der Waals surface area (Å²) in [5.41, 5.74) is 4.73. The van der Waals surface area contributed by atoms with Crippen LogP contribution in [-0.4, -0.2) is 65.3 Å². The molecule has 0 aromatic heterocycles. The van der Waals surface area contributed by atoms with Crippen molar-refractivity contribution in [1.82, 2.24) is 10.2 Å². The Balaban J connectivity index is 1.64. The smallest absolute Gasteiger partial charge is 0.244 e. The van der Waals surface area contributed by atoms with Crippen LogP contribution in [0.25, 0.3) is 6.08 Å². The number of amides is 2. The summed E-state index contributed by atoms with van der Waals surface area (Å²) >= 11 is 0. The summed E-state index contributed by atoms with van der Waals surface area (Å²) in [4.78, 5) is 25.6. The lowest BCUT2D eigenvalue weighted by atomic mass is 9.73. The summed E-state index contributed by atoms with van der Waals surface area (Å²) in [6.45, 7) is 3.79. The number of carbonyl (C=O) groups is 2. The highest BCUT2D eigenvalue weighted by Crippen LogP contribution is 2.39. The van der Waals surface area contributed by atoms with Crippen molar-refractivity contribution < 1.29 is 19.4 Å². The fourth-order valence-electron chi connectivity index (χ4n) is 4.18. The normalized spacial score (nSPS) is 27.7. The molecule has 1 aromatic rings. The molecular weight excluding hydrogens is 358 g/mol. The molecule has 2 aliphatic rings. The molecular formula is C21H29N3O4. The number of likely N-dealkylation sites (tertiary alicyclic amines) is 1. The van der Waals surface area contributed by atoms with Crippen LogP contribution < -0.4 is 11.1 Å². The van der Waals surface area contributed by atoms with Crippen molar-refractivity contribution in [2.45, 2.75) is 43.4 Å². The molecule has 4 N–H and O–H groups in total. The van der Waals surface area contributed by atoms with Crippen LogP contribution in [0.2, 0.25) is 0 Å². The molecule has 0 unspecified atom stereocenters. The van der Waals surface area contributed by atoms with Gasteiger partial charge in [-0.2, -0.15) is 0 Å². The molecule has 2 saturated heterocycles. The molecule has 2 atom stereocenters. The van der Waals surface area contributed by atoms with Crippen LogP contribution in [-0.2, 0) is 14.3 Å². The van der Waals surface area contributed by atoms with Gasteiger partial charge in [0.1, 0.15) is 6.10 Å². The maximum atomic E-state index is 12.5. The molecule has 1 spiro atoms. The molecule has 0 saturated carbocycles. The third-order valence-electron chi connectivity index (χ3n) is 5.83. The summed E-state index contributed by atoms with van der Waals surface area (Å²) in [6.07, 6.45) is 4.12. The zero-order valence-electron chi connectivity index (χ0n) is 16.3. The van der Waals surface area contributed by atoms with Gasteiger partial charge in [-0.1, -0.05) is 30.3 Å². The number of hydrogen-bond donors (Lipinski definition) is 3. The lowest BCUT2D eigenvalue weighted by molar-refractivity contribution is -0.207. The van der Waals surface area contributed by atoms with Gasteiger partial charge in [-0.05, 0) is 37.8 Å². The topological polar surface area (TPSA) is 105 Å². The first kappa shape index (κ1) is 20.5. The van der Waals surface area contributed by atoms with E-state index < -0.39 is 17.2 Å². The number of primary amides is 1. The third kappa shape index (κ3) is 4.60. The predicted octanol–water partition coefficient (Wildman–Crippen LogP) is 0.676. The summed E-state index contributed by atoms with van der Waals surface area (Å²) in [5, 5.41) is 14.1. The highest BCUT2D eigenvalue weighted by molar-refractivity contribution is 5.92. The summed E-state index contributed by atoms with van der Waals surface area (Å²) < 4.78 is 6.02. The van der Waals surface area contributed by atoms with Gasteiger partial charge in [0.05, 0.1) is 17.7 Å². The van der Waals surface area contributed by atoms with Crippen LogP contribution in [0.1, 0.15) is 31.7 Å². The highest BCUT2D eigenvalue weighted by atomic mass is 16.5. The average molecular weight is 387 g/mol. The fraction of sp³-hybridized carbons (Fsp3) is 0.524. The molecule has 1 aromatic carbocycles. The van der Waals surface area contributed by atoms with Crippen molar-refractivity contribution in [3.63, 3.8) is 0 Å². The maximum absolute atomic E-state index is 12.5. The lowest BCUT2D eigenvalue weighted by Crippen LogP contribution is -2.69. The standard InChI is InChI=1S/C21H29N3O4/c1-20(23-18(26)8-7-16-5-3-2-4-6-16)11-14-28-21(19(20)27)9-12-24(13-10-21)15-17(22)25/h2-8,19,27H,9-15H2,1H3,(H2,22,25)(H,23,26)/b8-7+/t19-,20+/m1/s1. The minimum absolute atomic E-state index is 0.213. The molecule has 7 heteroatoms. The number of nitrogens with two attached hydrogens (primary N) is 1. The van der Waals surface area contributed by atoms with Crippen molar-refractivity contribution in [1.29, 1.82) is 0 Å². The molecule has 2 fully saturated rings. The number of carbonyl (C=O) groups excluding carboxylic acids is 2. The Kier molecular flexibility index (Phi) is 6.17. The molecule has 0 radical (unpaired) electrons. The van der Waals surface area contributed by atoms with Gasteiger partial charge in [0.2, 0.25) is 11.8 Å². The quantitative estimate of drug-likeness (QED) is 0.645. The van der Waals surface area contributed by atoms with E-state index in [0.717, 1.165) is 5.56 Å². The first-order valence-corrected chi connectivity index (χ1v) is 9.71. The minimum Gasteiger partial charge on any atom is -0.388 e. The monoisotopic (exact) mass is 387 g/mol. The molecule has 0 aliphatic carbocycles. The zero-order valence-corrected chi connectivity index (χ0v) is 16.3. The van der Waals surface area contributed by atoms with E-state index in [1.54, 1.807) is 6.08 Å². The largest absolute Gasteiger partial charge is 0.388 e. The Bertz CT molecular complexity index is 728. The van der Waals surface area contributed by atoms with Crippen LogP contribution in [0.3, 0.4) is 0 Å². The Morgan fingerprint density at radius 3 is 2.61 bits per heavy atom. The van der Waals surface area contributed by atoms with Crippen molar-refractivity contribution in [2.75, 3.05) is 26.2 Å². The SMILES string of the molecule is C[C@]1(NC(=O)/C=C/c2ccccc2)CCOC2(CCN(CC(N)=O)CC2)[C@@H]1O. The number of nitrogens with one attached hydrogen (secondary N) is 1. The number of nitrogens with zero attached hydrogens (tertiary/aromatic N) is 1.